The van der Waals surface area contributed by atoms with Crippen LogP contribution in [0.5, 0.6) is 5.75 Å². The lowest BCUT2D eigenvalue weighted by Crippen LogP contribution is -2.19. The zero-order valence-corrected chi connectivity index (χ0v) is 19.0. The van der Waals surface area contributed by atoms with Crippen LogP contribution >= 0.6 is 11.3 Å². The Morgan fingerprint density at radius 1 is 1.19 bits per heavy atom. The zero-order valence-electron chi connectivity index (χ0n) is 17.4. The maximum absolute atomic E-state index is 12.8. The average Bonchev–Trinajstić information content (AvgIpc) is 3.08. The highest BCUT2D eigenvalue weighted by molar-refractivity contribution is 7.89. The number of hydrogen-bond acceptors (Lipinski definition) is 6. The van der Waals surface area contributed by atoms with E-state index in [9.17, 15) is 13.2 Å². The Balaban J connectivity index is 2.01. The predicted octanol–water partition coefficient (Wildman–Crippen LogP) is 2.92. The SMILES string of the molecule is CCCCOc1cccc(C(=O)N=c2sc3cc(S(N)(=O)=O)ccc3n2CCOC)c1. The molecule has 3 rings (SSSR count). The van der Waals surface area contributed by atoms with E-state index >= 15 is 0 Å². The molecule has 31 heavy (non-hydrogen) atoms. The Morgan fingerprint density at radius 2 is 2.00 bits per heavy atom. The van der Waals surface area contributed by atoms with Gasteiger partial charge in [-0.15, -0.1) is 0 Å². The summed E-state index contributed by atoms with van der Waals surface area (Å²) in [5.41, 5.74) is 1.16. The molecule has 1 amide bonds. The molecule has 0 spiro atoms. The number of ether oxygens (including phenoxy) is 2. The number of sulfonamides is 1. The number of thiazole rings is 1. The number of rotatable bonds is 9. The Hall–Kier alpha value is -2.53. The van der Waals surface area contributed by atoms with Gasteiger partial charge in [0.1, 0.15) is 5.75 Å². The number of nitrogens with zero attached hydrogens (tertiary/aromatic N) is 2. The van der Waals surface area contributed by atoms with E-state index in [0.717, 1.165) is 18.4 Å². The molecule has 0 bridgehead atoms. The first-order chi connectivity index (χ1) is 14.8. The van der Waals surface area contributed by atoms with Crippen LogP contribution in [0.25, 0.3) is 10.2 Å². The van der Waals surface area contributed by atoms with Crippen molar-refractivity contribution in [2.24, 2.45) is 10.1 Å². The molecule has 0 unspecified atom stereocenters. The van der Waals surface area contributed by atoms with Gasteiger partial charge in [-0.3, -0.25) is 4.79 Å². The zero-order chi connectivity index (χ0) is 22.4. The van der Waals surface area contributed by atoms with E-state index in [0.29, 0.717) is 40.6 Å². The topological polar surface area (TPSA) is 113 Å². The molecular weight excluding hydrogens is 438 g/mol. The van der Waals surface area contributed by atoms with Gasteiger partial charge >= 0.3 is 0 Å². The van der Waals surface area contributed by atoms with Crippen molar-refractivity contribution >= 4 is 37.5 Å². The monoisotopic (exact) mass is 463 g/mol. The molecule has 0 aliphatic carbocycles. The molecule has 166 valence electrons. The van der Waals surface area contributed by atoms with E-state index in [1.54, 1.807) is 37.4 Å². The van der Waals surface area contributed by atoms with Crippen LogP contribution in [0.2, 0.25) is 0 Å². The van der Waals surface area contributed by atoms with Crippen LogP contribution in [0.4, 0.5) is 0 Å². The number of fused-ring (bicyclic) bond motifs is 1. The summed E-state index contributed by atoms with van der Waals surface area (Å²) in [5.74, 6) is 0.209. The van der Waals surface area contributed by atoms with Crippen molar-refractivity contribution < 1.29 is 22.7 Å². The summed E-state index contributed by atoms with van der Waals surface area (Å²) in [6, 6.07) is 11.5. The first-order valence-electron chi connectivity index (χ1n) is 9.80. The van der Waals surface area contributed by atoms with Crippen molar-refractivity contribution in [3.63, 3.8) is 0 Å². The number of hydrogen-bond donors (Lipinski definition) is 1. The van der Waals surface area contributed by atoms with E-state index in [1.807, 2.05) is 4.57 Å². The average molecular weight is 464 g/mol. The molecule has 8 nitrogen and oxygen atoms in total. The van der Waals surface area contributed by atoms with Gasteiger partial charge in [0.05, 0.1) is 28.3 Å². The summed E-state index contributed by atoms with van der Waals surface area (Å²) in [4.78, 5) is 17.6. The molecule has 1 aromatic heterocycles. The molecule has 0 fully saturated rings. The maximum atomic E-state index is 12.8. The molecule has 3 aromatic rings. The number of unbranched alkanes of at least 4 members (excludes halogenated alkanes) is 1. The fourth-order valence-electron chi connectivity index (χ4n) is 2.92. The van der Waals surface area contributed by atoms with E-state index < -0.39 is 15.9 Å². The highest BCUT2D eigenvalue weighted by atomic mass is 32.2. The second-order valence-corrected chi connectivity index (χ2v) is 9.42. The minimum absolute atomic E-state index is 0.00921. The summed E-state index contributed by atoms with van der Waals surface area (Å²) < 4.78 is 36.7. The largest absolute Gasteiger partial charge is 0.494 e. The number of methoxy groups -OCH3 is 1. The van der Waals surface area contributed by atoms with Gasteiger partial charge in [-0.1, -0.05) is 30.7 Å². The van der Waals surface area contributed by atoms with Crippen LogP contribution in [-0.4, -0.2) is 39.2 Å². The number of primary sulfonamides is 1. The van der Waals surface area contributed by atoms with Crippen molar-refractivity contribution in [2.75, 3.05) is 20.3 Å². The number of carbonyl (C=O) groups excluding carboxylic acids is 1. The van der Waals surface area contributed by atoms with Crippen molar-refractivity contribution in [3.8, 4) is 5.75 Å². The highest BCUT2D eigenvalue weighted by Crippen LogP contribution is 2.22. The summed E-state index contributed by atoms with van der Waals surface area (Å²) in [7, 11) is -2.25. The van der Waals surface area contributed by atoms with Gasteiger partial charge in [-0.05, 0) is 42.8 Å². The van der Waals surface area contributed by atoms with Gasteiger partial charge in [0.25, 0.3) is 5.91 Å². The second-order valence-electron chi connectivity index (χ2n) is 6.85. The van der Waals surface area contributed by atoms with E-state index in [4.69, 9.17) is 14.6 Å². The Kier molecular flexibility index (Phi) is 7.60. The standard InChI is InChI=1S/C21H25N3O5S2/c1-3-4-11-29-16-7-5-6-15(13-16)20(25)23-21-24(10-12-28-2)18-9-8-17(31(22,26)27)14-19(18)30-21/h5-9,13-14H,3-4,10-12H2,1-2H3,(H2,22,26,27). The minimum Gasteiger partial charge on any atom is -0.494 e. The number of nitrogens with two attached hydrogens (primary N) is 1. The lowest BCUT2D eigenvalue weighted by atomic mass is 10.2. The van der Waals surface area contributed by atoms with Gasteiger partial charge in [0.15, 0.2) is 4.80 Å². The minimum atomic E-state index is -3.83. The van der Waals surface area contributed by atoms with Crippen LogP contribution in [0.3, 0.4) is 0 Å². The van der Waals surface area contributed by atoms with Crippen molar-refractivity contribution in [2.45, 2.75) is 31.2 Å². The summed E-state index contributed by atoms with van der Waals surface area (Å²) in [6.07, 6.45) is 1.96. The van der Waals surface area contributed by atoms with Gasteiger partial charge in [0, 0.05) is 19.2 Å². The van der Waals surface area contributed by atoms with E-state index in [-0.39, 0.29) is 4.90 Å². The molecular formula is C21H25N3O5S2. The third-order valence-electron chi connectivity index (χ3n) is 4.55. The van der Waals surface area contributed by atoms with Crippen molar-refractivity contribution in [1.29, 1.82) is 0 Å². The van der Waals surface area contributed by atoms with Crippen LogP contribution in [0.15, 0.2) is 52.4 Å². The molecule has 0 aliphatic heterocycles. The second kappa shape index (κ2) is 10.2. The fraction of sp³-hybridized carbons (Fsp3) is 0.333. The van der Waals surface area contributed by atoms with Gasteiger partial charge in [-0.25, -0.2) is 13.6 Å². The normalized spacial score (nSPS) is 12.4. The number of amides is 1. The smallest absolute Gasteiger partial charge is 0.279 e. The lowest BCUT2D eigenvalue weighted by molar-refractivity contribution is 0.0997. The molecule has 2 N–H and O–H groups in total. The van der Waals surface area contributed by atoms with Crippen molar-refractivity contribution in [1.82, 2.24) is 4.57 Å². The molecule has 10 heteroatoms. The van der Waals surface area contributed by atoms with Crippen LogP contribution in [0.1, 0.15) is 30.1 Å². The van der Waals surface area contributed by atoms with Crippen molar-refractivity contribution in [3.05, 3.63) is 52.8 Å². The van der Waals surface area contributed by atoms with E-state index in [1.165, 1.54) is 23.5 Å². The van der Waals surface area contributed by atoms with Gasteiger partial charge < -0.3 is 14.0 Å². The first kappa shape index (κ1) is 23.1. The third kappa shape index (κ3) is 5.79. The maximum Gasteiger partial charge on any atom is 0.279 e. The quantitative estimate of drug-likeness (QED) is 0.490. The highest BCUT2D eigenvalue weighted by Gasteiger charge is 2.14. The lowest BCUT2D eigenvalue weighted by Gasteiger charge is -2.06. The Labute approximate surface area is 185 Å². The Morgan fingerprint density at radius 3 is 2.71 bits per heavy atom. The molecule has 0 atom stereocenters. The summed E-state index contributed by atoms with van der Waals surface area (Å²) in [5, 5.41) is 5.25. The molecule has 0 saturated carbocycles. The summed E-state index contributed by atoms with van der Waals surface area (Å²) in [6.45, 7) is 3.53. The number of aromatic nitrogens is 1. The van der Waals surface area contributed by atoms with Crippen LogP contribution < -0.4 is 14.7 Å². The predicted molar refractivity (Wildman–Crippen MR) is 120 cm³/mol. The number of benzene rings is 2. The molecule has 0 saturated heterocycles. The Bertz CT molecular complexity index is 1250. The van der Waals surface area contributed by atoms with Gasteiger partial charge in [-0.2, -0.15) is 4.99 Å². The van der Waals surface area contributed by atoms with Gasteiger partial charge in [0.2, 0.25) is 10.0 Å². The van der Waals surface area contributed by atoms with Crippen LogP contribution in [0, 0.1) is 0 Å². The fourth-order valence-corrected chi connectivity index (χ4v) is 4.63. The summed E-state index contributed by atoms with van der Waals surface area (Å²) >= 11 is 1.22. The van der Waals surface area contributed by atoms with E-state index in [2.05, 4.69) is 11.9 Å². The number of carbonyl (C=O) groups is 1. The molecule has 0 aliphatic rings. The molecule has 0 radical (unpaired) electrons. The third-order valence-corrected chi connectivity index (χ3v) is 6.50. The first-order valence-corrected chi connectivity index (χ1v) is 12.2. The van der Waals surface area contributed by atoms with Crippen LogP contribution in [-0.2, 0) is 21.3 Å². The molecule has 1 heterocycles. The molecule has 2 aromatic carbocycles.